The van der Waals surface area contributed by atoms with Gasteiger partial charge < -0.3 is 19.9 Å². The second-order valence-electron chi connectivity index (χ2n) is 6.40. The molecule has 0 bridgehead atoms. The van der Waals surface area contributed by atoms with Crippen molar-refractivity contribution in [2.45, 2.75) is 13.8 Å². The Balaban J connectivity index is 0.00000192. The minimum Gasteiger partial charge on any atom is -0.380 e. The summed E-state index contributed by atoms with van der Waals surface area (Å²) in [6.07, 6.45) is 0. The van der Waals surface area contributed by atoms with E-state index in [1.54, 1.807) is 0 Å². The Kier molecular flexibility index (Phi) is 6.97. The number of piperazine rings is 1. The summed E-state index contributed by atoms with van der Waals surface area (Å²) < 4.78 is 5.32. The zero-order chi connectivity index (χ0) is 15.4. The molecule has 1 N–H and O–H groups in total. The van der Waals surface area contributed by atoms with Crippen LogP contribution in [0.3, 0.4) is 0 Å². The molecule has 0 spiro atoms. The van der Waals surface area contributed by atoms with Gasteiger partial charge in [0, 0.05) is 38.1 Å². The maximum absolute atomic E-state index is 5.32. The first kappa shape index (κ1) is 18.8. The van der Waals surface area contributed by atoms with Crippen molar-refractivity contribution in [2.75, 3.05) is 57.4 Å². The van der Waals surface area contributed by atoms with Crippen LogP contribution >= 0.6 is 35.3 Å². The molecular weight excluding hydrogens is 423 g/mol. The summed E-state index contributed by atoms with van der Waals surface area (Å²) in [6.45, 7) is 12.0. The highest BCUT2D eigenvalue weighted by Gasteiger charge is 2.33. The van der Waals surface area contributed by atoms with Crippen LogP contribution in [0.4, 0.5) is 5.00 Å². The van der Waals surface area contributed by atoms with Gasteiger partial charge >= 0.3 is 0 Å². The van der Waals surface area contributed by atoms with Gasteiger partial charge in [0.15, 0.2) is 5.96 Å². The molecule has 0 aliphatic carbocycles. The lowest BCUT2D eigenvalue weighted by Gasteiger charge is -2.39. The van der Waals surface area contributed by atoms with E-state index in [-0.39, 0.29) is 29.4 Å². The highest BCUT2D eigenvalue weighted by Crippen LogP contribution is 2.27. The minimum absolute atomic E-state index is 0. The molecule has 0 saturated carbocycles. The van der Waals surface area contributed by atoms with Gasteiger partial charge in [-0.1, -0.05) is 6.92 Å². The smallest absolute Gasteiger partial charge is 0.194 e. The van der Waals surface area contributed by atoms with E-state index in [9.17, 15) is 0 Å². The molecule has 2 saturated heterocycles. The van der Waals surface area contributed by atoms with Crippen LogP contribution in [0.1, 0.15) is 13.8 Å². The van der Waals surface area contributed by atoms with E-state index < -0.39 is 0 Å². The predicted octanol–water partition coefficient (Wildman–Crippen LogP) is 2.49. The maximum Gasteiger partial charge on any atom is 0.194 e. The van der Waals surface area contributed by atoms with Crippen molar-refractivity contribution in [3.8, 4) is 0 Å². The number of aliphatic imine (C=N–C) groups is 1. The first-order valence-corrected chi connectivity index (χ1v) is 8.98. The van der Waals surface area contributed by atoms with Crippen molar-refractivity contribution in [1.29, 1.82) is 0 Å². The molecule has 5 nitrogen and oxygen atoms in total. The average Bonchev–Trinajstić information content (AvgIpc) is 3.04. The molecule has 3 rings (SSSR count). The molecular formula is C16H27IN4OS. The molecule has 3 heterocycles. The average molecular weight is 450 g/mol. The number of anilines is 1. The van der Waals surface area contributed by atoms with Gasteiger partial charge in [-0.3, -0.25) is 4.99 Å². The molecule has 1 aromatic rings. The molecule has 23 heavy (non-hydrogen) atoms. The van der Waals surface area contributed by atoms with E-state index in [1.807, 2.05) is 11.3 Å². The first-order chi connectivity index (χ1) is 10.7. The van der Waals surface area contributed by atoms with Crippen molar-refractivity contribution in [3.63, 3.8) is 0 Å². The Bertz CT molecular complexity index is 496. The van der Waals surface area contributed by atoms with E-state index in [2.05, 4.69) is 46.5 Å². The third kappa shape index (κ3) is 4.73. The number of guanidine groups is 1. The largest absolute Gasteiger partial charge is 0.380 e. The summed E-state index contributed by atoms with van der Waals surface area (Å²) in [5.41, 5.74) is 0.236. The van der Waals surface area contributed by atoms with Gasteiger partial charge in [0.25, 0.3) is 0 Å². The minimum atomic E-state index is 0. The summed E-state index contributed by atoms with van der Waals surface area (Å²) in [5, 5.41) is 6.96. The molecule has 0 aromatic carbocycles. The second-order valence-corrected chi connectivity index (χ2v) is 7.33. The van der Waals surface area contributed by atoms with Gasteiger partial charge in [-0.15, -0.1) is 35.3 Å². The zero-order valence-corrected chi connectivity index (χ0v) is 17.1. The van der Waals surface area contributed by atoms with Crippen LogP contribution in [0, 0.1) is 5.41 Å². The molecule has 0 atom stereocenters. The fraction of sp³-hybridized carbons (Fsp3) is 0.688. The third-order valence-corrected chi connectivity index (χ3v) is 5.17. The predicted molar refractivity (Wildman–Crippen MR) is 108 cm³/mol. The quantitative estimate of drug-likeness (QED) is 0.435. The van der Waals surface area contributed by atoms with Crippen LogP contribution in [0.25, 0.3) is 0 Å². The summed E-state index contributed by atoms with van der Waals surface area (Å²) in [5.74, 6) is 1.06. The number of hydrogen-bond acceptors (Lipinski definition) is 4. The van der Waals surface area contributed by atoms with Crippen molar-refractivity contribution < 1.29 is 4.74 Å². The number of halogens is 1. The van der Waals surface area contributed by atoms with Crippen molar-refractivity contribution in [2.24, 2.45) is 10.4 Å². The van der Waals surface area contributed by atoms with Gasteiger partial charge in [-0.25, -0.2) is 0 Å². The monoisotopic (exact) mass is 450 g/mol. The fourth-order valence-electron chi connectivity index (χ4n) is 2.82. The number of nitrogens with zero attached hydrogens (tertiary/aromatic N) is 3. The molecule has 1 aromatic heterocycles. The SMILES string of the molecule is CCNC(=NCC1(C)COC1)N1CCN(c2cccs2)CC1.I. The van der Waals surface area contributed by atoms with E-state index in [4.69, 9.17) is 9.73 Å². The normalized spacial score (nSPS) is 20.7. The number of thiophene rings is 1. The standard InChI is InChI=1S/C16H26N4OS.HI/c1-3-17-15(18-11-16(2)12-21-13-16)20-8-6-19(7-9-20)14-5-4-10-22-14;/h4-5,10H,3,6-9,11-13H2,1-2H3,(H,17,18);1H. The molecule has 0 radical (unpaired) electrons. The van der Waals surface area contributed by atoms with Crippen LogP contribution in [-0.2, 0) is 4.74 Å². The van der Waals surface area contributed by atoms with Crippen molar-refractivity contribution in [3.05, 3.63) is 17.5 Å². The zero-order valence-electron chi connectivity index (χ0n) is 14.0. The molecule has 0 amide bonds. The summed E-state index contributed by atoms with van der Waals surface area (Å²) >= 11 is 1.82. The van der Waals surface area contributed by atoms with E-state index in [1.165, 1.54) is 5.00 Å². The van der Waals surface area contributed by atoms with Crippen LogP contribution in [-0.4, -0.2) is 63.3 Å². The van der Waals surface area contributed by atoms with E-state index in [0.29, 0.717) is 0 Å². The van der Waals surface area contributed by atoms with Crippen molar-refractivity contribution >= 4 is 46.3 Å². The van der Waals surface area contributed by atoms with E-state index in [0.717, 1.165) is 58.4 Å². The summed E-state index contributed by atoms with van der Waals surface area (Å²) in [7, 11) is 0. The Morgan fingerprint density at radius 2 is 2.09 bits per heavy atom. The Hall–Kier alpha value is -0.540. The van der Waals surface area contributed by atoms with Crippen LogP contribution in [0.15, 0.2) is 22.5 Å². The second kappa shape index (κ2) is 8.53. The Labute approximate surface area is 160 Å². The van der Waals surface area contributed by atoms with Gasteiger partial charge in [-0.2, -0.15) is 0 Å². The molecule has 0 unspecified atom stereocenters. The Morgan fingerprint density at radius 3 is 2.61 bits per heavy atom. The Morgan fingerprint density at radius 1 is 1.35 bits per heavy atom. The fourth-order valence-corrected chi connectivity index (χ4v) is 3.61. The van der Waals surface area contributed by atoms with Gasteiger partial charge in [0.2, 0.25) is 0 Å². The summed E-state index contributed by atoms with van der Waals surface area (Å²) in [4.78, 5) is 9.70. The first-order valence-electron chi connectivity index (χ1n) is 8.10. The lowest BCUT2D eigenvalue weighted by Crippen LogP contribution is -2.53. The molecule has 2 aliphatic heterocycles. The lowest BCUT2D eigenvalue weighted by molar-refractivity contribution is -0.0946. The lowest BCUT2D eigenvalue weighted by atomic mass is 9.89. The van der Waals surface area contributed by atoms with Crippen LogP contribution < -0.4 is 10.2 Å². The van der Waals surface area contributed by atoms with Gasteiger partial charge in [-0.05, 0) is 24.4 Å². The molecule has 130 valence electrons. The molecule has 7 heteroatoms. The molecule has 2 aliphatic rings. The highest BCUT2D eigenvalue weighted by molar-refractivity contribution is 14.0. The maximum atomic E-state index is 5.32. The number of rotatable bonds is 4. The van der Waals surface area contributed by atoms with Crippen LogP contribution in [0.2, 0.25) is 0 Å². The van der Waals surface area contributed by atoms with Crippen molar-refractivity contribution in [1.82, 2.24) is 10.2 Å². The van der Waals surface area contributed by atoms with Crippen LogP contribution in [0.5, 0.6) is 0 Å². The van der Waals surface area contributed by atoms with E-state index >= 15 is 0 Å². The number of nitrogens with one attached hydrogen (secondary N) is 1. The van der Waals surface area contributed by atoms with Gasteiger partial charge in [0.05, 0.1) is 24.8 Å². The third-order valence-electron chi connectivity index (χ3n) is 4.24. The highest BCUT2D eigenvalue weighted by atomic mass is 127. The number of hydrogen-bond donors (Lipinski definition) is 1. The molecule has 2 fully saturated rings. The topological polar surface area (TPSA) is 40.1 Å². The number of ether oxygens (including phenoxy) is 1. The summed E-state index contributed by atoms with van der Waals surface area (Å²) in [6, 6.07) is 4.33. The van der Waals surface area contributed by atoms with Gasteiger partial charge in [0.1, 0.15) is 0 Å².